The first-order valence-electron chi connectivity index (χ1n) is 13.6. The van der Waals surface area contributed by atoms with Gasteiger partial charge in [-0.15, -0.1) is 0 Å². The number of cyclic esters (lactones) is 1. The van der Waals surface area contributed by atoms with E-state index in [1.54, 1.807) is 0 Å². The van der Waals surface area contributed by atoms with Crippen LogP contribution in [-0.2, 0) is 36.8 Å². The van der Waals surface area contributed by atoms with Crippen molar-refractivity contribution in [1.29, 1.82) is 0 Å². The molecule has 4 N–H and O–H groups in total. The molecule has 1 saturated heterocycles. The fourth-order valence-corrected chi connectivity index (χ4v) is 4.58. The molecule has 2 aromatic carbocycles. The van der Waals surface area contributed by atoms with E-state index in [9.17, 15) is 24.3 Å². The highest BCUT2D eigenvalue weighted by molar-refractivity contribution is 5.94. The highest BCUT2D eigenvalue weighted by atomic mass is 16.5. The van der Waals surface area contributed by atoms with Gasteiger partial charge in [0.1, 0.15) is 24.2 Å². The van der Waals surface area contributed by atoms with Crippen molar-refractivity contribution in [2.75, 3.05) is 6.61 Å². The Hall–Kier alpha value is -3.72. The first kappa shape index (κ1) is 29.8. The van der Waals surface area contributed by atoms with E-state index in [0.717, 1.165) is 30.4 Å². The van der Waals surface area contributed by atoms with Crippen LogP contribution in [0.3, 0.4) is 0 Å². The third kappa shape index (κ3) is 9.21. The molecule has 1 aliphatic heterocycles. The van der Waals surface area contributed by atoms with E-state index in [-0.39, 0.29) is 25.2 Å². The Morgan fingerprint density at radius 1 is 0.821 bits per heavy atom. The van der Waals surface area contributed by atoms with Gasteiger partial charge in [-0.25, -0.2) is 4.79 Å². The van der Waals surface area contributed by atoms with Crippen molar-refractivity contribution in [3.05, 3.63) is 71.8 Å². The summed E-state index contributed by atoms with van der Waals surface area (Å²) >= 11 is 0. The van der Waals surface area contributed by atoms with Gasteiger partial charge in [0.15, 0.2) is 0 Å². The topological polar surface area (TPSA) is 134 Å². The molecule has 5 atom stereocenters. The molecule has 0 aromatic heterocycles. The number of aliphatic hydroxyl groups excluding tert-OH is 1. The van der Waals surface area contributed by atoms with Gasteiger partial charge < -0.3 is 25.8 Å². The second kappa shape index (κ2) is 15.0. The summed E-state index contributed by atoms with van der Waals surface area (Å²) in [6.07, 6.45) is 2.07. The quantitative estimate of drug-likeness (QED) is 0.362. The molecule has 3 rings (SSSR count). The highest BCUT2D eigenvalue weighted by Gasteiger charge is 2.34. The zero-order valence-electron chi connectivity index (χ0n) is 22.6. The Morgan fingerprint density at radius 2 is 1.36 bits per heavy atom. The maximum Gasteiger partial charge on any atom is 0.329 e. The number of hydrogen-bond donors (Lipinski definition) is 4. The lowest BCUT2D eigenvalue weighted by atomic mass is 9.95. The molecule has 0 saturated carbocycles. The molecule has 0 radical (unpaired) electrons. The minimum atomic E-state index is -1.32. The Kier molecular flexibility index (Phi) is 11.5. The molecule has 9 heteroatoms. The Bertz CT molecular complexity index is 1090. The Labute approximate surface area is 229 Å². The molecule has 3 amide bonds. The van der Waals surface area contributed by atoms with Crippen molar-refractivity contribution < 1.29 is 29.0 Å². The largest absolute Gasteiger partial charge is 0.460 e. The molecule has 1 fully saturated rings. The lowest BCUT2D eigenvalue weighted by molar-refractivity contribution is -0.157. The predicted octanol–water partition coefficient (Wildman–Crippen LogP) is 2.06. The van der Waals surface area contributed by atoms with E-state index in [4.69, 9.17) is 4.74 Å². The number of unbranched alkanes of at least 4 members (excludes halogenated alkanes) is 1. The number of carbonyl (C=O) groups is 4. The van der Waals surface area contributed by atoms with Crippen LogP contribution in [0.15, 0.2) is 60.7 Å². The average Bonchev–Trinajstić information content (AvgIpc) is 2.94. The molecular weight excluding hydrogens is 498 g/mol. The normalized spacial score (nSPS) is 23.7. The minimum absolute atomic E-state index is 0.120. The first-order chi connectivity index (χ1) is 18.8. The van der Waals surface area contributed by atoms with Crippen LogP contribution < -0.4 is 16.0 Å². The standard InChI is InChI=1S/C30H39N3O6/c1-3-4-11-20(2)26-18-27(35)31-23(16-21-12-7-5-8-13-21)28(36)33-25(19-34)29(37)32-24(30(38)39-26)17-22-14-9-6-10-15-22/h5-10,12-15,20,23-26,34H,3-4,11,16-19H2,1-2H3,(H,31,35)(H,32,37)(H,33,36)/t20-,23-,24+,25-,26-/m0/s1. The van der Waals surface area contributed by atoms with Gasteiger partial charge in [0.05, 0.1) is 13.0 Å². The van der Waals surface area contributed by atoms with Gasteiger partial charge in [0.25, 0.3) is 0 Å². The summed E-state index contributed by atoms with van der Waals surface area (Å²) in [5, 5.41) is 17.9. The van der Waals surface area contributed by atoms with Crippen molar-refractivity contribution in [3.63, 3.8) is 0 Å². The number of esters is 1. The van der Waals surface area contributed by atoms with Crippen molar-refractivity contribution in [3.8, 4) is 0 Å². The average molecular weight is 538 g/mol. The van der Waals surface area contributed by atoms with E-state index in [2.05, 4.69) is 22.9 Å². The molecule has 2 aromatic rings. The van der Waals surface area contributed by atoms with Crippen LogP contribution in [0.25, 0.3) is 0 Å². The number of nitrogens with one attached hydrogen (secondary N) is 3. The monoisotopic (exact) mass is 537 g/mol. The summed E-state index contributed by atoms with van der Waals surface area (Å²) in [6.45, 7) is 3.30. The molecule has 0 unspecified atom stereocenters. The van der Waals surface area contributed by atoms with Crippen LogP contribution in [-0.4, -0.2) is 59.6 Å². The fourth-order valence-electron chi connectivity index (χ4n) is 4.58. The second-order valence-electron chi connectivity index (χ2n) is 10.1. The number of benzene rings is 2. The van der Waals surface area contributed by atoms with E-state index < -0.39 is 54.5 Å². The number of rotatable bonds is 9. The van der Waals surface area contributed by atoms with E-state index in [1.165, 1.54) is 0 Å². The van der Waals surface area contributed by atoms with Gasteiger partial charge in [-0.05, 0) is 23.5 Å². The van der Waals surface area contributed by atoms with Gasteiger partial charge in [0, 0.05) is 12.8 Å². The van der Waals surface area contributed by atoms with Crippen LogP contribution in [0.4, 0.5) is 0 Å². The summed E-state index contributed by atoms with van der Waals surface area (Å²) in [6, 6.07) is 14.9. The third-order valence-corrected chi connectivity index (χ3v) is 6.94. The molecule has 0 spiro atoms. The van der Waals surface area contributed by atoms with Crippen LogP contribution in [0, 0.1) is 5.92 Å². The first-order valence-corrected chi connectivity index (χ1v) is 13.6. The molecule has 1 heterocycles. The lowest BCUT2D eigenvalue weighted by Crippen LogP contribution is -2.57. The van der Waals surface area contributed by atoms with Gasteiger partial charge in [-0.3, -0.25) is 14.4 Å². The van der Waals surface area contributed by atoms with Gasteiger partial charge >= 0.3 is 5.97 Å². The van der Waals surface area contributed by atoms with Crippen molar-refractivity contribution in [2.24, 2.45) is 5.92 Å². The van der Waals surface area contributed by atoms with Crippen molar-refractivity contribution in [1.82, 2.24) is 16.0 Å². The van der Waals surface area contributed by atoms with E-state index in [1.807, 2.05) is 67.6 Å². The highest BCUT2D eigenvalue weighted by Crippen LogP contribution is 2.20. The maximum atomic E-state index is 13.4. The molecular formula is C30H39N3O6. The smallest absolute Gasteiger partial charge is 0.329 e. The van der Waals surface area contributed by atoms with Crippen LogP contribution in [0.2, 0.25) is 0 Å². The summed E-state index contributed by atoms with van der Waals surface area (Å²) < 4.78 is 5.89. The molecule has 0 bridgehead atoms. The number of ether oxygens (including phenoxy) is 1. The zero-order valence-corrected chi connectivity index (χ0v) is 22.6. The molecule has 1 aliphatic rings. The van der Waals surface area contributed by atoms with E-state index >= 15 is 0 Å². The molecule has 210 valence electrons. The Balaban J connectivity index is 1.93. The predicted molar refractivity (Wildman–Crippen MR) is 146 cm³/mol. The van der Waals surface area contributed by atoms with Crippen LogP contribution >= 0.6 is 0 Å². The van der Waals surface area contributed by atoms with Gasteiger partial charge in [0.2, 0.25) is 17.7 Å². The van der Waals surface area contributed by atoms with Gasteiger partial charge in [-0.2, -0.15) is 0 Å². The number of hydrogen-bond acceptors (Lipinski definition) is 6. The fraction of sp³-hybridized carbons (Fsp3) is 0.467. The van der Waals surface area contributed by atoms with Crippen molar-refractivity contribution >= 4 is 23.7 Å². The number of carbonyl (C=O) groups excluding carboxylic acids is 4. The zero-order chi connectivity index (χ0) is 28.2. The Morgan fingerprint density at radius 3 is 1.92 bits per heavy atom. The molecule has 9 nitrogen and oxygen atoms in total. The summed E-state index contributed by atoms with van der Waals surface area (Å²) in [7, 11) is 0. The van der Waals surface area contributed by atoms with Gasteiger partial charge in [-0.1, -0.05) is 87.4 Å². The number of amides is 3. The molecule has 39 heavy (non-hydrogen) atoms. The van der Waals surface area contributed by atoms with Crippen LogP contribution in [0.1, 0.15) is 50.7 Å². The van der Waals surface area contributed by atoms with Crippen LogP contribution in [0.5, 0.6) is 0 Å². The summed E-state index contributed by atoms with van der Waals surface area (Å²) in [5.41, 5.74) is 1.61. The lowest BCUT2D eigenvalue weighted by Gasteiger charge is -2.27. The third-order valence-electron chi connectivity index (χ3n) is 6.94. The molecule has 0 aliphatic carbocycles. The number of aliphatic hydroxyl groups is 1. The SMILES string of the molecule is CCCC[C@H](C)[C@@H]1CC(=O)N[C@@H](Cc2ccccc2)C(=O)N[C@@H](CO)C(=O)N[C@H](Cc2ccccc2)C(=O)O1. The maximum absolute atomic E-state index is 13.4. The summed E-state index contributed by atoms with van der Waals surface area (Å²) in [5.74, 6) is -2.56. The summed E-state index contributed by atoms with van der Waals surface area (Å²) in [4.78, 5) is 53.0. The van der Waals surface area contributed by atoms with Crippen molar-refractivity contribution in [2.45, 2.75) is 76.6 Å². The van der Waals surface area contributed by atoms with E-state index in [0.29, 0.717) is 0 Å². The second-order valence-corrected chi connectivity index (χ2v) is 10.1. The minimum Gasteiger partial charge on any atom is -0.460 e.